The summed E-state index contributed by atoms with van der Waals surface area (Å²) < 4.78 is 0. The topological polar surface area (TPSA) is 98.2 Å². The van der Waals surface area contributed by atoms with Gasteiger partial charge in [-0.2, -0.15) is 0 Å². The van der Waals surface area contributed by atoms with Gasteiger partial charge in [0.05, 0.1) is 5.56 Å². The molecule has 2 aromatic rings. The van der Waals surface area contributed by atoms with Crippen molar-refractivity contribution in [2.75, 3.05) is 11.1 Å². The van der Waals surface area contributed by atoms with Crippen LogP contribution in [0.25, 0.3) is 6.08 Å². The van der Waals surface area contributed by atoms with Gasteiger partial charge >= 0.3 is 0 Å². The Kier molecular flexibility index (Phi) is 4.17. The summed E-state index contributed by atoms with van der Waals surface area (Å²) in [5.41, 5.74) is 12.6. The predicted molar refractivity (Wildman–Crippen MR) is 81.4 cm³/mol. The summed E-state index contributed by atoms with van der Waals surface area (Å²) in [4.78, 5) is 22.9. The Morgan fingerprint density at radius 2 is 1.85 bits per heavy atom. The van der Waals surface area contributed by atoms with Crippen molar-refractivity contribution < 1.29 is 9.59 Å². The Bertz CT molecular complexity index is 659. The molecule has 0 spiro atoms. The minimum atomic E-state index is -0.566. The van der Waals surface area contributed by atoms with Crippen LogP contribution in [0.4, 0.5) is 10.7 Å². The quantitative estimate of drug-likeness (QED) is 0.593. The Morgan fingerprint density at radius 1 is 1.15 bits per heavy atom. The summed E-state index contributed by atoms with van der Waals surface area (Å²) in [5, 5.41) is 4.76. The molecule has 0 saturated heterocycles. The highest BCUT2D eigenvalue weighted by molar-refractivity contribution is 7.14. The van der Waals surface area contributed by atoms with Gasteiger partial charge in [0.1, 0.15) is 5.00 Å². The molecule has 2 rings (SSSR count). The van der Waals surface area contributed by atoms with E-state index >= 15 is 0 Å². The second-order valence-corrected chi connectivity index (χ2v) is 4.93. The van der Waals surface area contributed by atoms with Crippen LogP contribution in [0.3, 0.4) is 0 Å². The number of hydrogen-bond donors (Lipinski definition) is 3. The van der Waals surface area contributed by atoms with Gasteiger partial charge in [-0.3, -0.25) is 9.59 Å². The van der Waals surface area contributed by atoms with E-state index in [-0.39, 0.29) is 5.91 Å². The number of benzene rings is 1. The van der Waals surface area contributed by atoms with E-state index in [9.17, 15) is 9.59 Å². The standard InChI is InChI=1S/C14H13N3O2S/c15-10-4-1-9(2-5-10)3-6-12(18)17-14-11(13(16)19)7-8-20-14/h1-8H,15H2,(H2,16,19)(H,17,18)/b6-3+. The number of primary amides is 1. The Morgan fingerprint density at radius 3 is 2.50 bits per heavy atom. The van der Waals surface area contributed by atoms with E-state index in [1.54, 1.807) is 41.8 Å². The molecule has 2 amide bonds. The van der Waals surface area contributed by atoms with Gasteiger partial charge in [0.25, 0.3) is 5.91 Å². The summed E-state index contributed by atoms with van der Waals surface area (Å²) in [7, 11) is 0. The number of nitrogens with two attached hydrogens (primary N) is 2. The van der Waals surface area contributed by atoms with Crippen molar-refractivity contribution in [2.45, 2.75) is 0 Å². The van der Waals surface area contributed by atoms with Crippen molar-refractivity contribution in [1.29, 1.82) is 0 Å². The number of carbonyl (C=O) groups excluding carboxylic acids is 2. The largest absolute Gasteiger partial charge is 0.399 e. The van der Waals surface area contributed by atoms with E-state index in [0.29, 0.717) is 16.3 Å². The summed E-state index contributed by atoms with van der Waals surface area (Å²) in [5.74, 6) is -0.893. The van der Waals surface area contributed by atoms with Crippen molar-refractivity contribution in [2.24, 2.45) is 5.73 Å². The fourth-order valence-corrected chi connectivity index (χ4v) is 2.33. The zero-order chi connectivity index (χ0) is 14.5. The van der Waals surface area contributed by atoms with E-state index in [1.807, 2.05) is 0 Å². The van der Waals surface area contributed by atoms with Gasteiger partial charge in [0, 0.05) is 11.8 Å². The molecular formula is C14H13N3O2S. The Labute approximate surface area is 119 Å². The van der Waals surface area contributed by atoms with Crippen LogP contribution in [0.1, 0.15) is 15.9 Å². The van der Waals surface area contributed by atoms with Gasteiger partial charge < -0.3 is 16.8 Å². The van der Waals surface area contributed by atoms with Crippen molar-refractivity contribution in [3.63, 3.8) is 0 Å². The molecule has 0 aliphatic heterocycles. The third kappa shape index (κ3) is 3.46. The van der Waals surface area contributed by atoms with Gasteiger partial charge in [0.2, 0.25) is 5.91 Å². The van der Waals surface area contributed by atoms with Gasteiger partial charge in [-0.1, -0.05) is 12.1 Å². The van der Waals surface area contributed by atoms with Crippen LogP contribution in [-0.4, -0.2) is 11.8 Å². The maximum absolute atomic E-state index is 11.8. The lowest BCUT2D eigenvalue weighted by Gasteiger charge is -2.01. The first-order chi connectivity index (χ1) is 9.56. The van der Waals surface area contributed by atoms with E-state index in [4.69, 9.17) is 11.5 Å². The third-order valence-corrected chi connectivity index (χ3v) is 3.36. The molecule has 5 nitrogen and oxygen atoms in total. The summed E-state index contributed by atoms with van der Waals surface area (Å²) in [6.45, 7) is 0. The number of nitrogen functional groups attached to an aromatic ring is 1. The highest BCUT2D eigenvalue weighted by Gasteiger charge is 2.10. The molecule has 1 heterocycles. The zero-order valence-corrected chi connectivity index (χ0v) is 11.3. The first kappa shape index (κ1) is 13.8. The highest BCUT2D eigenvalue weighted by Crippen LogP contribution is 2.22. The predicted octanol–water partition coefficient (Wildman–Crippen LogP) is 2.08. The summed E-state index contributed by atoms with van der Waals surface area (Å²) in [6, 6.07) is 8.69. The molecule has 0 fully saturated rings. The molecule has 102 valence electrons. The smallest absolute Gasteiger partial charge is 0.251 e. The maximum Gasteiger partial charge on any atom is 0.251 e. The number of nitrogens with one attached hydrogen (secondary N) is 1. The van der Waals surface area contributed by atoms with Crippen molar-refractivity contribution in [1.82, 2.24) is 0 Å². The van der Waals surface area contributed by atoms with Gasteiger partial charge in [-0.05, 0) is 35.2 Å². The second-order valence-electron chi connectivity index (χ2n) is 4.02. The highest BCUT2D eigenvalue weighted by atomic mass is 32.1. The van der Waals surface area contributed by atoms with E-state index in [1.165, 1.54) is 17.4 Å². The van der Waals surface area contributed by atoms with Crippen LogP contribution < -0.4 is 16.8 Å². The van der Waals surface area contributed by atoms with Crippen molar-refractivity contribution in [3.05, 3.63) is 52.9 Å². The van der Waals surface area contributed by atoms with Crippen LogP contribution in [-0.2, 0) is 4.79 Å². The monoisotopic (exact) mass is 287 g/mol. The molecule has 0 unspecified atom stereocenters. The van der Waals surface area contributed by atoms with Crippen LogP contribution in [0.5, 0.6) is 0 Å². The fourth-order valence-electron chi connectivity index (χ4n) is 1.53. The Balaban J connectivity index is 2.03. The third-order valence-electron chi connectivity index (χ3n) is 2.53. The number of hydrogen-bond acceptors (Lipinski definition) is 4. The van der Waals surface area contributed by atoms with E-state index in [2.05, 4.69) is 5.32 Å². The number of amides is 2. The molecule has 0 radical (unpaired) electrons. The maximum atomic E-state index is 11.8. The zero-order valence-electron chi connectivity index (χ0n) is 10.5. The van der Waals surface area contributed by atoms with Crippen molar-refractivity contribution >= 4 is 39.9 Å². The molecule has 6 heteroatoms. The number of rotatable bonds is 4. The molecular weight excluding hydrogens is 274 g/mol. The molecule has 0 aliphatic carbocycles. The van der Waals surface area contributed by atoms with Gasteiger partial charge in [-0.15, -0.1) is 11.3 Å². The van der Waals surface area contributed by atoms with Crippen LogP contribution in [0.2, 0.25) is 0 Å². The van der Waals surface area contributed by atoms with Crippen LogP contribution in [0, 0.1) is 0 Å². The first-order valence-electron chi connectivity index (χ1n) is 5.78. The van der Waals surface area contributed by atoms with Crippen LogP contribution in [0.15, 0.2) is 41.8 Å². The molecule has 0 aliphatic rings. The number of anilines is 2. The molecule has 0 saturated carbocycles. The minimum absolute atomic E-state index is 0.309. The lowest BCUT2D eigenvalue weighted by Crippen LogP contribution is -2.14. The number of thiophene rings is 1. The fraction of sp³-hybridized carbons (Fsp3) is 0. The van der Waals surface area contributed by atoms with Crippen molar-refractivity contribution in [3.8, 4) is 0 Å². The van der Waals surface area contributed by atoms with E-state index in [0.717, 1.165) is 5.56 Å². The first-order valence-corrected chi connectivity index (χ1v) is 6.66. The molecule has 5 N–H and O–H groups in total. The second kappa shape index (κ2) is 6.03. The molecule has 1 aromatic carbocycles. The molecule has 1 aromatic heterocycles. The van der Waals surface area contributed by atoms with Crippen LogP contribution >= 0.6 is 11.3 Å². The summed E-state index contributed by atoms with van der Waals surface area (Å²) >= 11 is 1.25. The van der Waals surface area contributed by atoms with Gasteiger partial charge in [-0.25, -0.2) is 0 Å². The van der Waals surface area contributed by atoms with Gasteiger partial charge in [0.15, 0.2) is 0 Å². The minimum Gasteiger partial charge on any atom is -0.399 e. The van der Waals surface area contributed by atoms with E-state index < -0.39 is 5.91 Å². The normalized spacial score (nSPS) is 10.6. The lowest BCUT2D eigenvalue weighted by atomic mass is 10.2. The summed E-state index contributed by atoms with van der Waals surface area (Å²) in [6.07, 6.45) is 3.04. The SMILES string of the molecule is NC(=O)c1ccsc1NC(=O)/C=C/c1ccc(N)cc1. The molecule has 20 heavy (non-hydrogen) atoms. The lowest BCUT2D eigenvalue weighted by molar-refractivity contribution is -0.111. The average molecular weight is 287 g/mol. The average Bonchev–Trinajstić information content (AvgIpc) is 2.86. The molecule has 0 atom stereocenters. The Hall–Kier alpha value is -2.60. The molecule has 0 bridgehead atoms. The number of carbonyl (C=O) groups is 2.